The summed E-state index contributed by atoms with van der Waals surface area (Å²) in [5, 5.41) is 10.0. The van der Waals surface area contributed by atoms with Crippen molar-refractivity contribution in [2.75, 3.05) is 14.2 Å². The van der Waals surface area contributed by atoms with Crippen molar-refractivity contribution >= 4 is 0 Å². The molecule has 0 aliphatic heterocycles. The van der Waals surface area contributed by atoms with Crippen molar-refractivity contribution in [2.24, 2.45) is 0 Å². The molecular formula is C28H26O4. The molecule has 162 valence electrons. The SMILES string of the molecule is COc1ccc(C(Oc2ccc(O)c(C)c2)(c2ccccc2)c2ccc(OC)cc2)cc1. The van der Waals surface area contributed by atoms with E-state index in [1.54, 1.807) is 26.4 Å². The highest BCUT2D eigenvalue weighted by Crippen LogP contribution is 2.42. The van der Waals surface area contributed by atoms with Gasteiger partial charge in [0.2, 0.25) is 0 Å². The Balaban J connectivity index is 1.98. The second-order valence-electron chi connectivity index (χ2n) is 7.55. The van der Waals surface area contributed by atoms with Gasteiger partial charge >= 0.3 is 0 Å². The van der Waals surface area contributed by atoms with E-state index >= 15 is 0 Å². The van der Waals surface area contributed by atoms with E-state index in [9.17, 15) is 5.11 Å². The van der Waals surface area contributed by atoms with Crippen molar-refractivity contribution in [3.63, 3.8) is 0 Å². The molecule has 0 heterocycles. The molecule has 0 aromatic heterocycles. The van der Waals surface area contributed by atoms with Gasteiger partial charge < -0.3 is 19.3 Å². The first-order valence-corrected chi connectivity index (χ1v) is 10.4. The highest BCUT2D eigenvalue weighted by atomic mass is 16.5. The summed E-state index contributed by atoms with van der Waals surface area (Å²) in [4.78, 5) is 0. The van der Waals surface area contributed by atoms with E-state index in [0.717, 1.165) is 33.8 Å². The fourth-order valence-corrected chi connectivity index (χ4v) is 3.87. The van der Waals surface area contributed by atoms with Gasteiger partial charge in [-0.25, -0.2) is 0 Å². The first-order chi connectivity index (χ1) is 15.6. The molecule has 4 nitrogen and oxygen atoms in total. The first kappa shape index (κ1) is 21.3. The average Bonchev–Trinajstić information content (AvgIpc) is 2.85. The summed E-state index contributed by atoms with van der Waals surface area (Å²) in [5.74, 6) is 2.42. The van der Waals surface area contributed by atoms with Crippen molar-refractivity contribution in [2.45, 2.75) is 12.5 Å². The largest absolute Gasteiger partial charge is 0.508 e. The van der Waals surface area contributed by atoms with Gasteiger partial charge in [0, 0.05) is 16.7 Å². The molecule has 4 rings (SSSR count). The van der Waals surface area contributed by atoms with Gasteiger partial charge in [-0.2, -0.15) is 0 Å². The van der Waals surface area contributed by atoms with Crippen molar-refractivity contribution in [3.8, 4) is 23.0 Å². The predicted octanol–water partition coefficient (Wildman–Crippen LogP) is 6.09. The standard InChI is InChI=1S/C28H26O4/c1-20-19-26(17-18-27(20)29)32-28(21-7-5-4-6-8-21,22-9-13-24(30-2)14-10-22)23-11-15-25(31-3)16-12-23/h4-19,29H,1-3H3. The van der Waals surface area contributed by atoms with E-state index < -0.39 is 5.60 Å². The number of aromatic hydroxyl groups is 1. The van der Waals surface area contributed by atoms with Gasteiger partial charge in [-0.1, -0.05) is 54.6 Å². The summed E-state index contributed by atoms with van der Waals surface area (Å²) in [7, 11) is 3.30. The third-order valence-corrected chi connectivity index (χ3v) is 5.61. The monoisotopic (exact) mass is 426 g/mol. The van der Waals surface area contributed by atoms with Gasteiger partial charge in [0.1, 0.15) is 23.0 Å². The average molecular weight is 427 g/mol. The number of aryl methyl sites for hydroxylation is 1. The molecule has 0 atom stereocenters. The van der Waals surface area contributed by atoms with Crippen LogP contribution in [0.25, 0.3) is 0 Å². The van der Waals surface area contributed by atoms with Gasteiger partial charge in [0.15, 0.2) is 5.60 Å². The van der Waals surface area contributed by atoms with Gasteiger partial charge in [-0.3, -0.25) is 0 Å². The Morgan fingerprint density at radius 3 is 1.53 bits per heavy atom. The van der Waals surface area contributed by atoms with Crippen molar-refractivity contribution in [3.05, 3.63) is 119 Å². The maximum Gasteiger partial charge on any atom is 0.184 e. The van der Waals surface area contributed by atoms with Crippen LogP contribution in [0.3, 0.4) is 0 Å². The highest BCUT2D eigenvalue weighted by molar-refractivity contribution is 5.51. The molecule has 0 saturated heterocycles. The van der Waals surface area contributed by atoms with E-state index in [1.807, 2.05) is 79.7 Å². The third kappa shape index (κ3) is 4.00. The number of methoxy groups -OCH3 is 2. The van der Waals surface area contributed by atoms with Crippen molar-refractivity contribution in [1.29, 1.82) is 0 Å². The second kappa shape index (κ2) is 9.06. The molecule has 0 saturated carbocycles. The minimum Gasteiger partial charge on any atom is -0.508 e. The van der Waals surface area contributed by atoms with E-state index in [-0.39, 0.29) is 5.75 Å². The number of ether oxygens (including phenoxy) is 3. The van der Waals surface area contributed by atoms with Crippen LogP contribution in [0.15, 0.2) is 97.1 Å². The molecule has 0 amide bonds. The number of phenols is 1. The maximum absolute atomic E-state index is 10.0. The van der Waals surface area contributed by atoms with Crippen LogP contribution in [0.4, 0.5) is 0 Å². The second-order valence-corrected chi connectivity index (χ2v) is 7.55. The van der Waals surface area contributed by atoms with Crippen LogP contribution in [0.2, 0.25) is 0 Å². The van der Waals surface area contributed by atoms with E-state index in [4.69, 9.17) is 14.2 Å². The Labute approximate surface area is 188 Å². The van der Waals surface area contributed by atoms with Crippen LogP contribution in [-0.4, -0.2) is 19.3 Å². The number of rotatable bonds is 7. The minimum atomic E-state index is -0.941. The number of benzene rings is 4. The van der Waals surface area contributed by atoms with Crippen LogP contribution in [0.5, 0.6) is 23.0 Å². The lowest BCUT2D eigenvalue weighted by Crippen LogP contribution is -2.36. The Bertz CT molecular complexity index is 1120. The molecule has 0 aliphatic rings. The minimum absolute atomic E-state index is 0.233. The molecule has 0 radical (unpaired) electrons. The maximum atomic E-state index is 10.0. The normalized spacial score (nSPS) is 11.1. The lowest BCUT2D eigenvalue weighted by Gasteiger charge is -2.36. The van der Waals surface area contributed by atoms with Gasteiger partial charge in [0.05, 0.1) is 14.2 Å². The summed E-state index contributed by atoms with van der Waals surface area (Å²) in [6.45, 7) is 1.85. The van der Waals surface area contributed by atoms with Crippen LogP contribution >= 0.6 is 0 Å². The molecule has 0 unspecified atom stereocenters. The van der Waals surface area contributed by atoms with Crippen LogP contribution in [0, 0.1) is 6.92 Å². The zero-order valence-electron chi connectivity index (χ0n) is 18.4. The first-order valence-electron chi connectivity index (χ1n) is 10.4. The zero-order valence-corrected chi connectivity index (χ0v) is 18.4. The third-order valence-electron chi connectivity index (χ3n) is 5.61. The topological polar surface area (TPSA) is 47.9 Å². The van der Waals surface area contributed by atoms with Crippen LogP contribution < -0.4 is 14.2 Å². The number of hydrogen-bond acceptors (Lipinski definition) is 4. The number of phenolic OH excluding ortho intramolecular Hbond substituents is 1. The van der Waals surface area contributed by atoms with Crippen LogP contribution in [0.1, 0.15) is 22.3 Å². The zero-order chi connectivity index (χ0) is 22.6. The Hall–Kier alpha value is -3.92. The fraction of sp³-hybridized carbons (Fsp3) is 0.143. The van der Waals surface area contributed by atoms with Gasteiger partial charge in [-0.05, 0) is 55.0 Å². The van der Waals surface area contributed by atoms with Gasteiger partial charge in [0.25, 0.3) is 0 Å². The summed E-state index contributed by atoms with van der Waals surface area (Å²) in [6, 6.07) is 31.2. The summed E-state index contributed by atoms with van der Waals surface area (Å²) < 4.78 is 17.6. The molecular weight excluding hydrogens is 400 g/mol. The van der Waals surface area contributed by atoms with Gasteiger partial charge in [-0.15, -0.1) is 0 Å². The molecule has 4 aromatic carbocycles. The molecule has 0 bridgehead atoms. The lowest BCUT2D eigenvalue weighted by molar-refractivity contribution is 0.155. The summed E-state index contributed by atoms with van der Waals surface area (Å²) in [5.41, 5.74) is 2.67. The molecule has 0 spiro atoms. The van der Waals surface area contributed by atoms with Crippen molar-refractivity contribution < 1.29 is 19.3 Å². The molecule has 1 N–H and O–H groups in total. The van der Waals surface area contributed by atoms with E-state index in [1.165, 1.54) is 0 Å². The summed E-state index contributed by atoms with van der Waals surface area (Å²) >= 11 is 0. The highest BCUT2D eigenvalue weighted by Gasteiger charge is 2.39. The van der Waals surface area contributed by atoms with Crippen LogP contribution in [-0.2, 0) is 5.60 Å². The molecule has 0 fully saturated rings. The van der Waals surface area contributed by atoms with E-state index in [2.05, 4.69) is 12.1 Å². The Kier molecular flexibility index (Phi) is 6.04. The van der Waals surface area contributed by atoms with Crippen molar-refractivity contribution in [1.82, 2.24) is 0 Å². The predicted molar refractivity (Wildman–Crippen MR) is 126 cm³/mol. The molecule has 0 aliphatic carbocycles. The smallest absolute Gasteiger partial charge is 0.184 e. The quantitative estimate of drug-likeness (QED) is 0.363. The molecule has 32 heavy (non-hydrogen) atoms. The Morgan fingerprint density at radius 1 is 0.594 bits per heavy atom. The number of hydrogen-bond donors (Lipinski definition) is 1. The molecule has 4 heteroatoms. The Morgan fingerprint density at radius 2 is 1.06 bits per heavy atom. The fourth-order valence-electron chi connectivity index (χ4n) is 3.87. The van der Waals surface area contributed by atoms with E-state index in [0.29, 0.717) is 5.75 Å². The summed E-state index contributed by atoms with van der Waals surface area (Å²) in [6.07, 6.45) is 0. The lowest BCUT2D eigenvalue weighted by atomic mass is 9.80. The molecule has 4 aromatic rings.